The zero-order valence-electron chi connectivity index (χ0n) is 10.3. The highest BCUT2D eigenvalue weighted by Gasteiger charge is 2.14. The van der Waals surface area contributed by atoms with Gasteiger partial charge in [0.15, 0.2) is 0 Å². The molecule has 1 aromatic rings. The number of nitrogens with zero attached hydrogens (tertiary/aromatic N) is 2. The number of ether oxygens (including phenoxy) is 1. The molecule has 0 aliphatic heterocycles. The van der Waals surface area contributed by atoms with Crippen LogP contribution in [0.3, 0.4) is 0 Å². The molecular weight excluding hydrogens is 232 g/mol. The van der Waals surface area contributed by atoms with Gasteiger partial charge in [-0.3, -0.25) is 4.79 Å². The van der Waals surface area contributed by atoms with Gasteiger partial charge < -0.3 is 14.7 Å². The minimum Gasteiger partial charge on any atom is -0.395 e. The van der Waals surface area contributed by atoms with Gasteiger partial charge in [0.05, 0.1) is 24.8 Å². The van der Waals surface area contributed by atoms with Crippen LogP contribution in [0.5, 0.6) is 0 Å². The minimum atomic E-state index is -0.175. The number of hydrogen-bond acceptors (Lipinski definition) is 4. The largest absolute Gasteiger partial charge is 0.395 e. The van der Waals surface area contributed by atoms with Crippen LogP contribution in [0.2, 0.25) is 0 Å². The fraction of sp³-hybridized carbons (Fsp3) is 0.385. The normalized spacial score (nSPS) is 9.83. The Bertz CT molecular complexity index is 423. The van der Waals surface area contributed by atoms with Crippen LogP contribution in [-0.2, 0) is 4.74 Å². The fourth-order valence-electron chi connectivity index (χ4n) is 1.51. The van der Waals surface area contributed by atoms with Crippen LogP contribution in [-0.4, -0.2) is 49.3 Å². The molecule has 0 aromatic heterocycles. The molecule has 0 unspecified atom stereocenters. The third-order valence-corrected chi connectivity index (χ3v) is 2.48. The molecular formula is C13H16N2O3. The zero-order valence-corrected chi connectivity index (χ0v) is 10.3. The van der Waals surface area contributed by atoms with Crippen LogP contribution < -0.4 is 0 Å². The summed E-state index contributed by atoms with van der Waals surface area (Å²) in [6.45, 7) is 1.02. The molecule has 0 heterocycles. The first kappa shape index (κ1) is 14.2. The Hall–Kier alpha value is -1.90. The van der Waals surface area contributed by atoms with Gasteiger partial charge in [0.25, 0.3) is 5.91 Å². The highest BCUT2D eigenvalue weighted by molar-refractivity contribution is 5.94. The quantitative estimate of drug-likeness (QED) is 0.801. The van der Waals surface area contributed by atoms with E-state index in [1.807, 2.05) is 6.07 Å². The molecule has 0 bridgehead atoms. The molecule has 5 heteroatoms. The molecule has 0 saturated heterocycles. The zero-order chi connectivity index (χ0) is 13.4. The monoisotopic (exact) mass is 248 g/mol. The van der Waals surface area contributed by atoms with E-state index in [0.717, 1.165) is 0 Å². The second-order valence-corrected chi connectivity index (χ2v) is 3.70. The third-order valence-electron chi connectivity index (χ3n) is 2.48. The van der Waals surface area contributed by atoms with Crippen LogP contribution in [0.4, 0.5) is 0 Å². The summed E-state index contributed by atoms with van der Waals surface area (Å²) in [4.78, 5) is 13.6. The number of hydrogen-bond donors (Lipinski definition) is 1. The fourth-order valence-corrected chi connectivity index (χ4v) is 1.51. The molecule has 1 N–H and O–H groups in total. The van der Waals surface area contributed by atoms with Crippen molar-refractivity contribution >= 4 is 5.91 Å². The Morgan fingerprint density at radius 3 is 2.56 bits per heavy atom. The number of aliphatic hydroxyl groups excluding tert-OH is 1. The lowest BCUT2D eigenvalue weighted by Gasteiger charge is -2.21. The summed E-state index contributed by atoms with van der Waals surface area (Å²) in [5, 5.41) is 17.6. The van der Waals surface area contributed by atoms with E-state index < -0.39 is 0 Å². The van der Waals surface area contributed by atoms with Crippen LogP contribution in [0.1, 0.15) is 15.9 Å². The molecule has 0 radical (unpaired) electrons. The van der Waals surface area contributed by atoms with E-state index in [9.17, 15) is 4.79 Å². The molecule has 96 valence electrons. The number of methoxy groups -OCH3 is 1. The van der Waals surface area contributed by atoms with E-state index in [0.29, 0.717) is 24.3 Å². The third kappa shape index (κ3) is 3.84. The Morgan fingerprint density at radius 2 is 2.06 bits per heavy atom. The predicted molar refractivity (Wildman–Crippen MR) is 66.0 cm³/mol. The van der Waals surface area contributed by atoms with Crippen molar-refractivity contribution in [2.24, 2.45) is 0 Å². The van der Waals surface area contributed by atoms with Crippen molar-refractivity contribution in [1.82, 2.24) is 4.90 Å². The molecule has 0 fully saturated rings. The first-order chi connectivity index (χ1) is 8.72. The summed E-state index contributed by atoms with van der Waals surface area (Å²) < 4.78 is 4.92. The van der Waals surface area contributed by atoms with Crippen LogP contribution >= 0.6 is 0 Å². The first-order valence-corrected chi connectivity index (χ1v) is 5.62. The van der Waals surface area contributed by atoms with Gasteiger partial charge in [-0.25, -0.2) is 0 Å². The van der Waals surface area contributed by atoms with Crippen LogP contribution in [0.15, 0.2) is 24.3 Å². The van der Waals surface area contributed by atoms with Gasteiger partial charge in [0.2, 0.25) is 0 Å². The van der Waals surface area contributed by atoms with E-state index in [-0.39, 0.29) is 19.1 Å². The Labute approximate surface area is 106 Å². The molecule has 5 nitrogen and oxygen atoms in total. The van der Waals surface area contributed by atoms with E-state index in [1.54, 1.807) is 31.4 Å². The lowest BCUT2D eigenvalue weighted by molar-refractivity contribution is 0.0656. The summed E-state index contributed by atoms with van der Waals surface area (Å²) >= 11 is 0. The van der Waals surface area contributed by atoms with E-state index in [2.05, 4.69) is 0 Å². The number of aliphatic hydroxyl groups is 1. The van der Waals surface area contributed by atoms with Crippen LogP contribution in [0, 0.1) is 11.3 Å². The molecule has 0 spiro atoms. The molecule has 18 heavy (non-hydrogen) atoms. The van der Waals surface area contributed by atoms with Gasteiger partial charge >= 0.3 is 0 Å². The predicted octanol–water partition coefficient (Wildman–Crippen LogP) is 0.639. The molecule has 0 atom stereocenters. The summed E-state index contributed by atoms with van der Waals surface area (Å²) in [5.41, 5.74) is 1.01. The molecule has 0 aliphatic rings. The van der Waals surface area contributed by atoms with Crippen molar-refractivity contribution in [2.75, 3.05) is 33.4 Å². The molecule has 0 aliphatic carbocycles. The number of carbonyl (C=O) groups excluding carboxylic acids is 1. The summed E-state index contributed by atoms with van der Waals surface area (Å²) in [6.07, 6.45) is 0. The lowest BCUT2D eigenvalue weighted by atomic mass is 10.1. The van der Waals surface area contributed by atoms with Gasteiger partial charge in [-0.1, -0.05) is 0 Å². The maximum atomic E-state index is 12.1. The molecule has 1 rings (SSSR count). The second-order valence-electron chi connectivity index (χ2n) is 3.70. The van der Waals surface area contributed by atoms with Crippen molar-refractivity contribution in [3.63, 3.8) is 0 Å². The Morgan fingerprint density at radius 1 is 1.39 bits per heavy atom. The van der Waals surface area contributed by atoms with Gasteiger partial charge in [0.1, 0.15) is 0 Å². The van der Waals surface area contributed by atoms with Crippen molar-refractivity contribution < 1.29 is 14.6 Å². The van der Waals surface area contributed by atoms with Crippen LogP contribution in [0.25, 0.3) is 0 Å². The van der Waals surface area contributed by atoms with E-state index in [1.165, 1.54) is 4.90 Å². The second kappa shape index (κ2) is 7.43. The number of rotatable bonds is 6. The highest BCUT2D eigenvalue weighted by atomic mass is 16.5. The lowest BCUT2D eigenvalue weighted by Crippen LogP contribution is -2.36. The summed E-state index contributed by atoms with van der Waals surface area (Å²) in [5.74, 6) is -0.175. The van der Waals surface area contributed by atoms with Crippen molar-refractivity contribution in [3.05, 3.63) is 35.4 Å². The van der Waals surface area contributed by atoms with Gasteiger partial charge in [-0.15, -0.1) is 0 Å². The van der Waals surface area contributed by atoms with Gasteiger partial charge in [-0.2, -0.15) is 5.26 Å². The minimum absolute atomic E-state index is 0.0915. The van der Waals surface area contributed by atoms with Crippen molar-refractivity contribution in [1.29, 1.82) is 5.26 Å². The number of amides is 1. The van der Waals surface area contributed by atoms with E-state index in [4.69, 9.17) is 15.1 Å². The molecule has 1 amide bonds. The maximum Gasteiger partial charge on any atom is 0.254 e. The van der Waals surface area contributed by atoms with Gasteiger partial charge in [0, 0.05) is 25.8 Å². The average Bonchev–Trinajstić information content (AvgIpc) is 2.43. The smallest absolute Gasteiger partial charge is 0.254 e. The standard InChI is InChI=1S/C13H16N2O3/c1-18-9-7-15(6-8-16)13(17)12-4-2-11(10-14)3-5-12/h2-5,16H,6-9H2,1H3. The summed E-state index contributed by atoms with van der Waals surface area (Å²) in [6, 6.07) is 8.41. The van der Waals surface area contributed by atoms with E-state index >= 15 is 0 Å². The Balaban J connectivity index is 2.77. The van der Waals surface area contributed by atoms with Crippen molar-refractivity contribution in [2.45, 2.75) is 0 Å². The number of benzene rings is 1. The topological polar surface area (TPSA) is 73.6 Å². The average molecular weight is 248 g/mol. The Kier molecular flexibility index (Phi) is 5.85. The molecule has 0 saturated carbocycles. The number of carbonyl (C=O) groups is 1. The first-order valence-electron chi connectivity index (χ1n) is 5.62. The maximum absolute atomic E-state index is 12.1. The summed E-state index contributed by atoms with van der Waals surface area (Å²) in [7, 11) is 1.56. The van der Waals surface area contributed by atoms with Crippen molar-refractivity contribution in [3.8, 4) is 6.07 Å². The molecule has 1 aromatic carbocycles. The van der Waals surface area contributed by atoms with Gasteiger partial charge in [-0.05, 0) is 24.3 Å². The number of nitriles is 1. The SMILES string of the molecule is COCCN(CCO)C(=O)c1ccc(C#N)cc1. The highest BCUT2D eigenvalue weighted by Crippen LogP contribution is 2.07.